The number of aryl methyl sites for hydroxylation is 1. The lowest BCUT2D eigenvalue weighted by molar-refractivity contribution is 0.0953. The second-order valence-electron chi connectivity index (χ2n) is 4.94. The number of para-hydroxylation sites is 1. The van der Waals surface area contributed by atoms with Crippen LogP contribution in [0, 0.1) is 0 Å². The second-order valence-corrected chi connectivity index (χ2v) is 7.33. The summed E-state index contributed by atoms with van der Waals surface area (Å²) in [6.07, 6.45) is 1.60. The van der Waals surface area contributed by atoms with Gasteiger partial charge < -0.3 is 4.57 Å². The number of aromatic nitrogens is 1. The van der Waals surface area contributed by atoms with Gasteiger partial charge >= 0.3 is 0 Å². The van der Waals surface area contributed by atoms with Crippen molar-refractivity contribution in [1.29, 1.82) is 0 Å². The van der Waals surface area contributed by atoms with E-state index in [1.54, 1.807) is 30.5 Å². The lowest BCUT2D eigenvalue weighted by atomic mass is 10.2. The largest absolute Gasteiger partial charge is 0.318 e. The van der Waals surface area contributed by atoms with Crippen molar-refractivity contribution in [3.63, 3.8) is 0 Å². The number of fused-ring (bicyclic) bond motifs is 1. The van der Waals surface area contributed by atoms with Crippen LogP contribution < -0.4 is 10.2 Å². The lowest BCUT2D eigenvalue weighted by Crippen LogP contribution is -2.23. The topological polar surface area (TPSA) is 63.5 Å². The number of carbonyl (C=O) groups excluding carboxylic acids is 1. The van der Waals surface area contributed by atoms with Crippen molar-refractivity contribution in [2.24, 2.45) is 12.1 Å². The Labute approximate surface area is 139 Å². The number of nitrogens with one attached hydrogen (secondary N) is 1. The van der Waals surface area contributed by atoms with Crippen LogP contribution in [0.2, 0.25) is 0 Å². The van der Waals surface area contributed by atoms with E-state index in [1.165, 1.54) is 11.3 Å². The van der Waals surface area contributed by atoms with Crippen LogP contribution in [0.25, 0.3) is 10.2 Å². The summed E-state index contributed by atoms with van der Waals surface area (Å²) < 4.78 is 14.4. The zero-order chi connectivity index (χ0) is 16.4. The zero-order valence-electron chi connectivity index (χ0n) is 12.6. The first-order chi connectivity index (χ1) is 11.1. The van der Waals surface area contributed by atoms with Gasteiger partial charge in [-0.1, -0.05) is 23.5 Å². The molecule has 1 atom stereocenters. The maximum Gasteiger partial charge on any atom is 0.271 e. The molecule has 7 heteroatoms. The van der Waals surface area contributed by atoms with E-state index in [2.05, 4.69) is 10.5 Å². The zero-order valence-corrected chi connectivity index (χ0v) is 14.3. The minimum absolute atomic E-state index is 0.295. The molecule has 0 radical (unpaired) electrons. The van der Waals surface area contributed by atoms with Crippen LogP contribution in [0.15, 0.2) is 58.5 Å². The van der Waals surface area contributed by atoms with Crippen molar-refractivity contribution in [3.05, 3.63) is 58.9 Å². The average Bonchev–Trinajstić information content (AvgIpc) is 2.89. The Morgan fingerprint density at radius 2 is 1.87 bits per heavy atom. The summed E-state index contributed by atoms with van der Waals surface area (Å²) in [7, 11) is 0.859. The van der Waals surface area contributed by atoms with Gasteiger partial charge in [0.15, 0.2) is 0 Å². The van der Waals surface area contributed by atoms with Crippen LogP contribution in [0.1, 0.15) is 10.4 Å². The van der Waals surface area contributed by atoms with Gasteiger partial charge in [-0.25, -0.2) is 5.43 Å². The molecule has 0 saturated carbocycles. The summed E-state index contributed by atoms with van der Waals surface area (Å²) in [6, 6.07) is 14.6. The van der Waals surface area contributed by atoms with Gasteiger partial charge in [-0.15, -0.1) is 5.10 Å². The molecule has 5 nitrogen and oxygen atoms in total. The molecule has 0 aliphatic carbocycles. The number of amides is 1. The summed E-state index contributed by atoms with van der Waals surface area (Å²) in [5.41, 5.74) is 4.11. The van der Waals surface area contributed by atoms with E-state index in [1.807, 2.05) is 35.9 Å². The highest BCUT2D eigenvalue weighted by molar-refractivity contribution is 7.84. The van der Waals surface area contributed by atoms with Gasteiger partial charge in [-0.2, -0.15) is 0 Å². The number of hydrogen-bond acceptors (Lipinski definition) is 4. The number of nitrogens with zero attached hydrogens (tertiary/aromatic N) is 2. The smallest absolute Gasteiger partial charge is 0.271 e. The molecule has 1 N–H and O–H groups in total. The van der Waals surface area contributed by atoms with Crippen LogP contribution in [0.5, 0.6) is 0 Å². The molecule has 1 unspecified atom stereocenters. The Balaban J connectivity index is 1.84. The Bertz CT molecular complexity index is 955. The van der Waals surface area contributed by atoms with E-state index in [9.17, 15) is 9.00 Å². The number of benzene rings is 2. The van der Waals surface area contributed by atoms with E-state index in [-0.39, 0.29) is 5.91 Å². The van der Waals surface area contributed by atoms with Crippen LogP contribution in [0.3, 0.4) is 0 Å². The average molecular weight is 345 g/mol. The summed E-state index contributed by atoms with van der Waals surface area (Å²) in [6.45, 7) is 0. The maximum absolute atomic E-state index is 12.1. The summed E-state index contributed by atoms with van der Waals surface area (Å²) >= 11 is 1.51. The minimum Gasteiger partial charge on any atom is -0.318 e. The van der Waals surface area contributed by atoms with Gasteiger partial charge in [0.25, 0.3) is 5.91 Å². The highest BCUT2D eigenvalue weighted by Gasteiger charge is 2.06. The van der Waals surface area contributed by atoms with Crippen LogP contribution in [-0.4, -0.2) is 20.9 Å². The molecule has 118 valence electrons. The third-order valence-corrected chi connectivity index (χ3v) is 5.47. The predicted octanol–water partition coefficient (Wildman–Crippen LogP) is 2.22. The van der Waals surface area contributed by atoms with E-state index in [0.29, 0.717) is 15.3 Å². The van der Waals surface area contributed by atoms with Crippen molar-refractivity contribution < 1.29 is 9.00 Å². The van der Waals surface area contributed by atoms with Crippen molar-refractivity contribution in [2.45, 2.75) is 4.90 Å². The Morgan fingerprint density at radius 1 is 1.17 bits per heavy atom. The van der Waals surface area contributed by atoms with Gasteiger partial charge in [0.1, 0.15) is 0 Å². The maximum atomic E-state index is 12.1. The molecule has 2 aromatic carbocycles. The molecule has 23 heavy (non-hydrogen) atoms. The SMILES string of the molecule is Cn1/c(=N/NC(=O)c2ccc(S(C)=O)cc2)sc2ccccc21. The number of hydrogen-bond donors (Lipinski definition) is 1. The number of rotatable bonds is 3. The molecule has 0 aliphatic rings. The van der Waals surface area contributed by atoms with E-state index >= 15 is 0 Å². The van der Waals surface area contributed by atoms with Crippen molar-refractivity contribution in [1.82, 2.24) is 9.99 Å². The summed E-state index contributed by atoms with van der Waals surface area (Å²) in [5, 5.41) is 4.20. The Morgan fingerprint density at radius 3 is 2.52 bits per heavy atom. The molecule has 0 saturated heterocycles. The minimum atomic E-state index is -1.05. The molecule has 3 aromatic rings. The highest BCUT2D eigenvalue weighted by Crippen LogP contribution is 2.15. The molecular formula is C16H15N3O2S2. The van der Waals surface area contributed by atoms with Crippen molar-refractivity contribution >= 4 is 38.3 Å². The van der Waals surface area contributed by atoms with Gasteiger partial charge in [0, 0.05) is 34.6 Å². The molecule has 1 aromatic heterocycles. The Hall–Kier alpha value is -2.25. The molecule has 0 spiro atoms. The number of thiazole rings is 1. The first kappa shape index (κ1) is 15.6. The molecule has 0 aliphatic heterocycles. The van der Waals surface area contributed by atoms with Crippen LogP contribution in [-0.2, 0) is 17.8 Å². The molecule has 0 fully saturated rings. The fourth-order valence-corrected chi connectivity index (χ4v) is 3.65. The van der Waals surface area contributed by atoms with Crippen molar-refractivity contribution in [3.8, 4) is 0 Å². The first-order valence-corrected chi connectivity index (χ1v) is 9.26. The third kappa shape index (κ3) is 3.25. The van der Waals surface area contributed by atoms with Crippen LogP contribution >= 0.6 is 11.3 Å². The van der Waals surface area contributed by atoms with E-state index < -0.39 is 10.8 Å². The first-order valence-electron chi connectivity index (χ1n) is 6.88. The molecule has 1 heterocycles. The summed E-state index contributed by atoms with van der Waals surface area (Å²) in [4.78, 5) is 13.5. The fraction of sp³-hybridized carbons (Fsp3) is 0.125. The predicted molar refractivity (Wildman–Crippen MR) is 92.6 cm³/mol. The van der Waals surface area contributed by atoms with E-state index in [0.717, 1.165) is 10.2 Å². The molecule has 3 rings (SSSR count). The standard InChI is InChI=1S/C16H15N3O2S2/c1-19-13-5-3-4-6-14(13)22-16(19)18-17-15(20)11-7-9-12(10-8-11)23(2)21/h3-10H,1-2H3,(H,17,20)/b18-16-. The third-order valence-electron chi connectivity index (χ3n) is 3.42. The second kappa shape index (κ2) is 6.47. The van der Waals surface area contributed by atoms with Gasteiger partial charge in [0.2, 0.25) is 4.80 Å². The normalized spacial score (nSPS) is 13.2. The quantitative estimate of drug-likeness (QED) is 0.740. The van der Waals surface area contributed by atoms with Crippen LogP contribution in [0.4, 0.5) is 0 Å². The van der Waals surface area contributed by atoms with Gasteiger partial charge in [-0.3, -0.25) is 9.00 Å². The monoisotopic (exact) mass is 345 g/mol. The lowest BCUT2D eigenvalue weighted by Gasteiger charge is -2.01. The number of carbonyl (C=O) groups is 1. The fourth-order valence-electron chi connectivity index (χ4n) is 2.15. The Kier molecular flexibility index (Phi) is 4.40. The summed E-state index contributed by atoms with van der Waals surface area (Å²) in [5.74, 6) is -0.295. The molecular weight excluding hydrogens is 330 g/mol. The van der Waals surface area contributed by atoms with Gasteiger partial charge in [0.05, 0.1) is 10.2 Å². The van der Waals surface area contributed by atoms with Crippen molar-refractivity contribution in [2.75, 3.05) is 6.26 Å². The highest BCUT2D eigenvalue weighted by atomic mass is 32.2. The molecule has 1 amide bonds. The van der Waals surface area contributed by atoms with E-state index in [4.69, 9.17) is 0 Å². The molecule has 0 bridgehead atoms. The van der Waals surface area contributed by atoms with Gasteiger partial charge in [-0.05, 0) is 36.4 Å².